The van der Waals surface area contributed by atoms with Gasteiger partial charge >= 0.3 is 7.12 Å². The predicted molar refractivity (Wildman–Crippen MR) is 98.5 cm³/mol. The summed E-state index contributed by atoms with van der Waals surface area (Å²) >= 11 is 0. The molecule has 0 unspecified atom stereocenters. The van der Waals surface area contributed by atoms with E-state index < -0.39 is 0 Å². The zero-order valence-corrected chi connectivity index (χ0v) is 15.8. The number of nitrogens with two attached hydrogens (primary N) is 1. The topological polar surface area (TPSA) is 44.5 Å². The lowest BCUT2D eigenvalue weighted by molar-refractivity contribution is 0.00578. The smallest absolute Gasteiger partial charge is 0.400 e. The Kier molecular flexibility index (Phi) is 4.82. The van der Waals surface area contributed by atoms with Crippen LogP contribution in [0.1, 0.15) is 55.5 Å². The molecule has 0 bridgehead atoms. The van der Waals surface area contributed by atoms with E-state index in [0.29, 0.717) is 6.54 Å². The van der Waals surface area contributed by atoms with Crippen molar-refractivity contribution in [2.45, 2.75) is 66.6 Å². The molecular formula is C19H30BNO2. The molecule has 1 fully saturated rings. The van der Waals surface area contributed by atoms with Crippen LogP contribution in [0, 0.1) is 27.7 Å². The Morgan fingerprint density at radius 2 is 1.43 bits per heavy atom. The maximum absolute atomic E-state index is 6.16. The molecule has 1 aliphatic rings. The van der Waals surface area contributed by atoms with E-state index >= 15 is 0 Å². The molecule has 23 heavy (non-hydrogen) atoms. The SMILES string of the molecule is Cc1cc(C)c(C)c(C=C(CN)B2OC(C)(C)C(C)(C)O2)c1C. The average molecular weight is 315 g/mol. The molecule has 0 spiro atoms. The van der Waals surface area contributed by atoms with Crippen LogP contribution in [0.15, 0.2) is 11.5 Å². The van der Waals surface area contributed by atoms with Gasteiger partial charge in [-0.3, -0.25) is 0 Å². The van der Waals surface area contributed by atoms with Gasteiger partial charge in [0, 0.05) is 6.54 Å². The second kappa shape index (κ2) is 6.08. The van der Waals surface area contributed by atoms with Gasteiger partial charge in [-0.25, -0.2) is 0 Å². The monoisotopic (exact) mass is 315 g/mol. The summed E-state index contributed by atoms with van der Waals surface area (Å²) in [5.41, 5.74) is 12.7. The number of benzene rings is 1. The van der Waals surface area contributed by atoms with Gasteiger partial charge in [0.1, 0.15) is 0 Å². The molecule has 0 aromatic heterocycles. The summed E-state index contributed by atoms with van der Waals surface area (Å²) in [7, 11) is -0.385. The van der Waals surface area contributed by atoms with E-state index in [1.807, 2.05) is 0 Å². The van der Waals surface area contributed by atoms with E-state index in [2.05, 4.69) is 67.5 Å². The molecule has 1 aliphatic heterocycles. The summed E-state index contributed by atoms with van der Waals surface area (Å²) in [6.07, 6.45) is 2.16. The van der Waals surface area contributed by atoms with Crippen molar-refractivity contribution in [3.63, 3.8) is 0 Å². The van der Waals surface area contributed by atoms with Crippen molar-refractivity contribution in [3.05, 3.63) is 39.4 Å². The Morgan fingerprint density at radius 1 is 1.00 bits per heavy atom. The van der Waals surface area contributed by atoms with E-state index in [-0.39, 0.29) is 18.3 Å². The van der Waals surface area contributed by atoms with Gasteiger partial charge in [-0.1, -0.05) is 12.1 Å². The molecule has 4 heteroatoms. The Morgan fingerprint density at radius 3 is 1.83 bits per heavy atom. The quantitative estimate of drug-likeness (QED) is 0.861. The van der Waals surface area contributed by atoms with Crippen molar-refractivity contribution in [2.75, 3.05) is 6.54 Å². The Balaban J connectivity index is 2.46. The first-order valence-corrected chi connectivity index (χ1v) is 8.33. The standard InChI is InChI=1S/C19H30BNO2/c1-12-9-13(2)15(4)17(14(12)3)10-16(11-21)20-22-18(5,6)19(7,8)23-20/h9-10H,11,21H2,1-8H3. The fraction of sp³-hybridized carbons (Fsp3) is 0.579. The van der Waals surface area contributed by atoms with E-state index in [4.69, 9.17) is 15.0 Å². The normalized spacial score (nSPS) is 20.2. The highest BCUT2D eigenvalue weighted by molar-refractivity contribution is 6.56. The first kappa shape index (κ1) is 18.2. The number of rotatable bonds is 3. The van der Waals surface area contributed by atoms with Crippen molar-refractivity contribution in [3.8, 4) is 0 Å². The molecule has 1 heterocycles. The fourth-order valence-corrected chi connectivity index (χ4v) is 2.87. The van der Waals surface area contributed by atoms with E-state index in [1.54, 1.807) is 0 Å². The molecule has 1 aromatic rings. The zero-order chi connectivity index (χ0) is 17.6. The number of hydrogen-bond donors (Lipinski definition) is 1. The minimum absolute atomic E-state index is 0.349. The van der Waals surface area contributed by atoms with Gasteiger partial charge in [-0.15, -0.1) is 0 Å². The van der Waals surface area contributed by atoms with E-state index in [9.17, 15) is 0 Å². The molecule has 1 saturated heterocycles. The lowest BCUT2D eigenvalue weighted by Crippen LogP contribution is -2.41. The van der Waals surface area contributed by atoms with Crippen molar-refractivity contribution in [2.24, 2.45) is 5.73 Å². The van der Waals surface area contributed by atoms with Gasteiger partial charge in [0.25, 0.3) is 0 Å². The molecule has 126 valence electrons. The van der Waals surface area contributed by atoms with Crippen LogP contribution >= 0.6 is 0 Å². The minimum atomic E-state index is -0.385. The summed E-state index contributed by atoms with van der Waals surface area (Å²) in [6, 6.07) is 2.24. The summed E-state index contributed by atoms with van der Waals surface area (Å²) in [5.74, 6) is 0. The van der Waals surface area contributed by atoms with Crippen molar-refractivity contribution in [1.29, 1.82) is 0 Å². The lowest BCUT2D eigenvalue weighted by atomic mass is 9.76. The van der Waals surface area contributed by atoms with Crippen LogP contribution in [0.4, 0.5) is 0 Å². The highest BCUT2D eigenvalue weighted by atomic mass is 16.7. The Bertz CT molecular complexity index is 605. The summed E-state index contributed by atoms with van der Waals surface area (Å²) in [5, 5.41) is 0. The first-order valence-electron chi connectivity index (χ1n) is 8.33. The molecule has 1 aromatic carbocycles. The van der Waals surface area contributed by atoms with Crippen LogP contribution in [0.3, 0.4) is 0 Å². The van der Waals surface area contributed by atoms with Crippen LogP contribution < -0.4 is 5.73 Å². The van der Waals surface area contributed by atoms with Crippen LogP contribution in [-0.2, 0) is 9.31 Å². The summed E-state index contributed by atoms with van der Waals surface area (Å²) in [4.78, 5) is 0. The zero-order valence-electron chi connectivity index (χ0n) is 15.8. The highest BCUT2D eigenvalue weighted by Crippen LogP contribution is 2.39. The third-order valence-electron chi connectivity index (χ3n) is 5.55. The molecule has 0 amide bonds. The van der Waals surface area contributed by atoms with Crippen molar-refractivity contribution >= 4 is 13.2 Å². The molecule has 0 saturated carbocycles. The summed E-state index contributed by atoms with van der Waals surface area (Å²) < 4.78 is 12.3. The maximum Gasteiger partial charge on any atom is 0.491 e. The highest BCUT2D eigenvalue weighted by Gasteiger charge is 2.52. The molecule has 0 atom stereocenters. The largest absolute Gasteiger partial charge is 0.491 e. The van der Waals surface area contributed by atoms with E-state index in [0.717, 1.165) is 5.47 Å². The van der Waals surface area contributed by atoms with Crippen LogP contribution in [-0.4, -0.2) is 24.9 Å². The minimum Gasteiger partial charge on any atom is -0.400 e. The van der Waals surface area contributed by atoms with Gasteiger partial charge in [0.2, 0.25) is 0 Å². The lowest BCUT2D eigenvalue weighted by Gasteiger charge is -2.32. The number of hydrogen-bond acceptors (Lipinski definition) is 3. The Labute approximate surface area is 141 Å². The Hall–Kier alpha value is -1.10. The molecule has 0 aliphatic carbocycles. The van der Waals surface area contributed by atoms with Gasteiger partial charge in [-0.2, -0.15) is 0 Å². The molecule has 2 rings (SSSR count). The number of aryl methyl sites for hydroxylation is 2. The second-order valence-corrected chi connectivity index (χ2v) is 7.69. The van der Waals surface area contributed by atoms with Crippen LogP contribution in [0.2, 0.25) is 0 Å². The van der Waals surface area contributed by atoms with Crippen molar-refractivity contribution < 1.29 is 9.31 Å². The van der Waals surface area contributed by atoms with Gasteiger partial charge in [-0.05, 0) is 88.7 Å². The van der Waals surface area contributed by atoms with Crippen molar-refractivity contribution in [1.82, 2.24) is 0 Å². The molecule has 0 radical (unpaired) electrons. The fourth-order valence-electron chi connectivity index (χ4n) is 2.87. The van der Waals surface area contributed by atoms with Gasteiger partial charge in [0.15, 0.2) is 0 Å². The molecular weight excluding hydrogens is 285 g/mol. The van der Waals surface area contributed by atoms with E-state index in [1.165, 1.54) is 27.8 Å². The third-order valence-corrected chi connectivity index (χ3v) is 5.55. The summed E-state index contributed by atoms with van der Waals surface area (Å²) in [6.45, 7) is 17.3. The first-order chi connectivity index (χ1) is 10.5. The van der Waals surface area contributed by atoms with Gasteiger partial charge < -0.3 is 15.0 Å². The van der Waals surface area contributed by atoms with Gasteiger partial charge in [0.05, 0.1) is 11.2 Å². The van der Waals surface area contributed by atoms with Crippen LogP contribution in [0.25, 0.3) is 6.08 Å². The average Bonchev–Trinajstić information content (AvgIpc) is 2.65. The maximum atomic E-state index is 6.16. The predicted octanol–water partition coefficient (Wildman–Crippen LogP) is 3.89. The molecule has 2 N–H and O–H groups in total. The molecule has 3 nitrogen and oxygen atoms in total. The second-order valence-electron chi connectivity index (χ2n) is 7.69. The van der Waals surface area contributed by atoms with Crippen LogP contribution in [0.5, 0.6) is 0 Å². The third kappa shape index (κ3) is 3.26.